The number of pyridine rings is 1. The van der Waals surface area contributed by atoms with Crippen LogP contribution in [0.25, 0.3) is 5.65 Å². The van der Waals surface area contributed by atoms with Crippen LogP contribution in [-0.4, -0.2) is 28.4 Å². The van der Waals surface area contributed by atoms with Crippen molar-refractivity contribution in [2.45, 2.75) is 6.10 Å². The Bertz CT molecular complexity index is 955. The number of carbonyl (C=O) groups is 2. The highest BCUT2D eigenvalue weighted by molar-refractivity contribution is 6.35. The fourth-order valence-corrected chi connectivity index (χ4v) is 2.78. The highest BCUT2D eigenvalue weighted by atomic mass is 35.5. The Morgan fingerprint density at radius 1 is 1.16 bits per heavy atom. The molecule has 0 radical (unpaired) electrons. The minimum absolute atomic E-state index is 0.194. The van der Waals surface area contributed by atoms with E-state index in [-0.39, 0.29) is 16.1 Å². The Balaban J connectivity index is 1.91. The van der Waals surface area contributed by atoms with Crippen molar-refractivity contribution < 1.29 is 19.1 Å². The summed E-state index contributed by atoms with van der Waals surface area (Å²) in [4.78, 5) is 28.6. The van der Waals surface area contributed by atoms with E-state index in [4.69, 9.17) is 32.7 Å². The number of halogens is 2. The van der Waals surface area contributed by atoms with Crippen molar-refractivity contribution in [3.63, 3.8) is 0 Å². The molecule has 0 saturated carbocycles. The first-order valence-corrected chi connectivity index (χ1v) is 7.91. The van der Waals surface area contributed by atoms with Crippen molar-refractivity contribution in [1.29, 1.82) is 0 Å². The van der Waals surface area contributed by atoms with E-state index in [0.717, 1.165) is 0 Å². The third-order valence-electron chi connectivity index (χ3n) is 3.52. The Labute approximate surface area is 152 Å². The Kier molecular flexibility index (Phi) is 4.92. The molecule has 2 aromatic heterocycles. The predicted octanol–water partition coefficient (Wildman–Crippen LogP) is 3.71. The molecule has 0 aliphatic rings. The van der Waals surface area contributed by atoms with Gasteiger partial charge in [0.25, 0.3) is 0 Å². The summed E-state index contributed by atoms with van der Waals surface area (Å²) < 4.78 is 11.8. The zero-order chi connectivity index (χ0) is 18.0. The van der Waals surface area contributed by atoms with E-state index < -0.39 is 18.0 Å². The molecule has 0 spiro atoms. The SMILES string of the molecule is COC(=O)C(OC(=O)c1ccn2ccnc2c1)c1ccc(Cl)cc1Cl. The number of ether oxygens (including phenoxy) is 2. The van der Waals surface area contributed by atoms with Crippen LogP contribution < -0.4 is 0 Å². The molecule has 8 heteroatoms. The molecular weight excluding hydrogens is 367 g/mol. The van der Waals surface area contributed by atoms with Gasteiger partial charge in [-0.05, 0) is 24.3 Å². The Morgan fingerprint density at radius 2 is 1.96 bits per heavy atom. The van der Waals surface area contributed by atoms with Gasteiger partial charge in [-0.1, -0.05) is 29.3 Å². The van der Waals surface area contributed by atoms with Gasteiger partial charge in [0.1, 0.15) is 5.65 Å². The number of aromatic nitrogens is 2. The van der Waals surface area contributed by atoms with Crippen molar-refractivity contribution >= 4 is 40.8 Å². The highest BCUT2D eigenvalue weighted by Crippen LogP contribution is 2.30. The summed E-state index contributed by atoms with van der Waals surface area (Å²) in [5, 5.41) is 0.591. The second-order valence-electron chi connectivity index (χ2n) is 5.08. The maximum absolute atomic E-state index is 12.5. The van der Waals surface area contributed by atoms with Gasteiger partial charge in [0, 0.05) is 34.2 Å². The fourth-order valence-electron chi connectivity index (χ4n) is 2.27. The van der Waals surface area contributed by atoms with Gasteiger partial charge >= 0.3 is 11.9 Å². The van der Waals surface area contributed by atoms with Crippen molar-refractivity contribution in [3.8, 4) is 0 Å². The molecule has 3 aromatic rings. The van der Waals surface area contributed by atoms with Gasteiger partial charge in [0.2, 0.25) is 6.10 Å². The first kappa shape index (κ1) is 17.3. The smallest absolute Gasteiger partial charge is 0.352 e. The quantitative estimate of drug-likeness (QED) is 0.647. The largest absolute Gasteiger partial charge is 0.466 e. The third kappa shape index (κ3) is 3.60. The Hall–Kier alpha value is -2.57. The van der Waals surface area contributed by atoms with E-state index in [9.17, 15) is 9.59 Å². The number of rotatable bonds is 4. The fraction of sp³-hybridized carbons (Fsp3) is 0.118. The van der Waals surface area contributed by atoms with Crippen molar-refractivity contribution in [1.82, 2.24) is 9.38 Å². The van der Waals surface area contributed by atoms with Crippen LogP contribution in [0.1, 0.15) is 22.0 Å². The van der Waals surface area contributed by atoms with Crippen molar-refractivity contribution in [3.05, 3.63) is 70.1 Å². The van der Waals surface area contributed by atoms with E-state index in [2.05, 4.69) is 4.98 Å². The molecule has 3 rings (SSSR count). The molecule has 0 aliphatic heterocycles. The van der Waals surface area contributed by atoms with Gasteiger partial charge in [-0.3, -0.25) is 0 Å². The molecule has 1 unspecified atom stereocenters. The normalized spacial score (nSPS) is 12.0. The van der Waals surface area contributed by atoms with E-state index in [1.807, 2.05) is 0 Å². The van der Waals surface area contributed by atoms with Gasteiger partial charge in [-0.25, -0.2) is 14.6 Å². The molecule has 2 heterocycles. The van der Waals surface area contributed by atoms with E-state index in [0.29, 0.717) is 10.7 Å². The summed E-state index contributed by atoms with van der Waals surface area (Å²) in [5.41, 5.74) is 1.11. The maximum atomic E-state index is 12.5. The summed E-state index contributed by atoms with van der Waals surface area (Å²) in [6.45, 7) is 0. The molecule has 1 atom stereocenters. The van der Waals surface area contributed by atoms with E-state index in [1.165, 1.54) is 19.2 Å². The van der Waals surface area contributed by atoms with Crippen molar-refractivity contribution in [2.75, 3.05) is 7.11 Å². The van der Waals surface area contributed by atoms with Crippen LogP contribution in [0.5, 0.6) is 0 Å². The number of carbonyl (C=O) groups excluding carboxylic acids is 2. The molecule has 6 nitrogen and oxygen atoms in total. The van der Waals surface area contributed by atoms with Crippen LogP contribution >= 0.6 is 23.2 Å². The van der Waals surface area contributed by atoms with Crippen molar-refractivity contribution in [2.24, 2.45) is 0 Å². The van der Waals surface area contributed by atoms with Crippen LogP contribution in [-0.2, 0) is 14.3 Å². The molecular formula is C17H12Cl2N2O4. The number of imidazole rings is 1. The highest BCUT2D eigenvalue weighted by Gasteiger charge is 2.28. The standard InChI is InChI=1S/C17H12Cl2N2O4/c1-24-17(23)15(12-3-2-11(18)9-13(12)19)25-16(22)10-4-6-21-7-5-20-14(21)8-10/h2-9,15H,1H3. The molecule has 0 N–H and O–H groups in total. The lowest BCUT2D eigenvalue weighted by molar-refractivity contribution is -0.151. The molecule has 0 fully saturated rings. The van der Waals surface area contributed by atoms with E-state index in [1.54, 1.807) is 41.2 Å². The monoisotopic (exact) mass is 378 g/mol. The second kappa shape index (κ2) is 7.13. The predicted molar refractivity (Wildman–Crippen MR) is 91.8 cm³/mol. The number of hydrogen-bond acceptors (Lipinski definition) is 5. The summed E-state index contributed by atoms with van der Waals surface area (Å²) >= 11 is 12.0. The first-order chi connectivity index (χ1) is 12.0. The summed E-state index contributed by atoms with van der Waals surface area (Å²) in [7, 11) is 1.20. The van der Waals surface area contributed by atoms with Gasteiger partial charge in [-0.2, -0.15) is 0 Å². The molecule has 25 heavy (non-hydrogen) atoms. The van der Waals surface area contributed by atoms with Crippen LogP contribution in [0.4, 0.5) is 0 Å². The molecule has 0 aliphatic carbocycles. The minimum atomic E-state index is -1.31. The Morgan fingerprint density at radius 3 is 2.68 bits per heavy atom. The second-order valence-corrected chi connectivity index (χ2v) is 5.93. The lowest BCUT2D eigenvalue weighted by Crippen LogP contribution is -2.21. The molecule has 0 amide bonds. The lowest BCUT2D eigenvalue weighted by atomic mass is 10.1. The van der Waals surface area contributed by atoms with Gasteiger partial charge < -0.3 is 13.9 Å². The number of nitrogens with zero attached hydrogens (tertiary/aromatic N) is 2. The van der Waals surface area contributed by atoms with Crippen LogP contribution in [0.2, 0.25) is 10.0 Å². The average molecular weight is 379 g/mol. The summed E-state index contributed by atoms with van der Waals surface area (Å²) in [6.07, 6.45) is 3.71. The van der Waals surface area contributed by atoms with Crippen LogP contribution in [0, 0.1) is 0 Å². The number of hydrogen-bond donors (Lipinski definition) is 0. The zero-order valence-electron chi connectivity index (χ0n) is 13.0. The van der Waals surface area contributed by atoms with E-state index >= 15 is 0 Å². The maximum Gasteiger partial charge on any atom is 0.352 e. The van der Waals surface area contributed by atoms with Gasteiger partial charge in [0.05, 0.1) is 12.7 Å². The number of benzene rings is 1. The molecule has 0 saturated heterocycles. The third-order valence-corrected chi connectivity index (χ3v) is 4.08. The topological polar surface area (TPSA) is 69.9 Å². The number of methoxy groups -OCH3 is 1. The summed E-state index contributed by atoms with van der Waals surface area (Å²) in [6, 6.07) is 7.63. The summed E-state index contributed by atoms with van der Waals surface area (Å²) in [5.74, 6) is -1.45. The lowest BCUT2D eigenvalue weighted by Gasteiger charge is -2.17. The number of fused-ring (bicyclic) bond motifs is 1. The molecule has 128 valence electrons. The number of esters is 2. The van der Waals surface area contributed by atoms with Crippen LogP contribution in [0.3, 0.4) is 0 Å². The first-order valence-electron chi connectivity index (χ1n) is 7.16. The van der Waals surface area contributed by atoms with Crippen LogP contribution in [0.15, 0.2) is 48.9 Å². The molecule has 0 bridgehead atoms. The van der Waals surface area contributed by atoms with Gasteiger partial charge in [-0.15, -0.1) is 0 Å². The minimum Gasteiger partial charge on any atom is -0.466 e. The molecule has 1 aromatic carbocycles. The van der Waals surface area contributed by atoms with Gasteiger partial charge in [0.15, 0.2) is 0 Å². The average Bonchev–Trinajstić information content (AvgIpc) is 3.07. The zero-order valence-corrected chi connectivity index (χ0v) is 14.5.